The Morgan fingerprint density at radius 1 is 0.506 bits per heavy atom. The van der Waals surface area contributed by atoms with Gasteiger partial charge in [0.25, 0.3) is 8.32 Å². The predicted molar refractivity (Wildman–Crippen MR) is 316 cm³/mol. The second kappa shape index (κ2) is 27.6. The zero-order valence-electron chi connectivity index (χ0n) is 47.0. The average Bonchev–Trinajstić information content (AvgIpc) is 3.64. The zero-order valence-corrected chi connectivity index (χ0v) is 48.0. The molecule has 1 unspecified atom stereocenters. The van der Waals surface area contributed by atoms with E-state index in [9.17, 15) is 4.79 Å². The van der Waals surface area contributed by atoms with E-state index in [0.29, 0.717) is 0 Å². The fraction of sp³-hybridized carbons (Fsp3) is 0.304. The number of fused-ring (bicyclic) bond motifs is 1. The Morgan fingerprint density at radius 3 is 1.43 bits per heavy atom. The molecule has 0 radical (unpaired) electrons. The van der Waals surface area contributed by atoms with Gasteiger partial charge in [0.15, 0.2) is 25.0 Å². The van der Waals surface area contributed by atoms with Crippen molar-refractivity contribution in [1.29, 1.82) is 0 Å². The van der Waals surface area contributed by atoms with Crippen LogP contribution in [-0.2, 0) is 78.2 Å². The normalized spacial score (nSPS) is 24.5. The number of carbonyl (C=O) groups is 1. The highest BCUT2D eigenvalue weighted by Gasteiger charge is 2.58. The van der Waals surface area contributed by atoms with Crippen LogP contribution in [0.3, 0.4) is 0 Å². The topological polar surface area (TPSA) is 131 Å². The van der Waals surface area contributed by atoms with Crippen molar-refractivity contribution >= 4 is 24.7 Å². The maximum Gasteiger partial charge on any atom is 0.340 e. The van der Waals surface area contributed by atoms with Crippen LogP contribution in [0.25, 0.3) is 0 Å². The minimum Gasteiger partial charge on any atom is -0.453 e. The van der Waals surface area contributed by atoms with Crippen molar-refractivity contribution in [2.24, 2.45) is 0 Å². The van der Waals surface area contributed by atoms with Crippen LogP contribution < -0.4 is 10.4 Å². The molecule has 3 saturated heterocycles. The van der Waals surface area contributed by atoms with Gasteiger partial charge in [-0.05, 0) is 49.8 Å². The molecule has 0 saturated carbocycles. The Labute approximate surface area is 487 Å². The molecule has 428 valence electrons. The van der Waals surface area contributed by atoms with Gasteiger partial charge in [0.05, 0.1) is 45.2 Å². The summed E-state index contributed by atoms with van der Waals surface area (Å²) in [5.74, 6) is -0.628. The molecule has 0 amide bonds. The van der Waals surface area contributed by atoms with Gasteiger partial charge in [-0.15, -0.1) is 0 Å². The Morgan fingerprint density at radius 2 is 0.952 bits per heavy atom. The monoisotopic (exact) mass is 1130 g/mol. The molecule has 0 spiro atoms. The summed E-state index contributed by atoms with van der Waals surface area (Å²) in [6.07, 6.45) is -7.53. The highest BCUT2D eigenvalue weighted by molar-refractivity contribution is 6.99. The lowest BCUT2D eigenvalue weighted by atomic mass is 9.96. The summed E-state index contributed by atoms with van der Waals surface area (Å²) >= 11 is 0. The lowest BCUT2D eigenvalue weighted by Crippen LogP contribution is -2.69. The van der Waals surface area contributed by atoms with Crippen LogP contribution >= 0.6 is 0 Å². The average molecular weight is 1130 g/mol. The van der Waals surface area contributed by atoms with Crippen LogP contribution in [0.2, 0.25) is 5.04 Å². The molecule has 0 bridgehead atoms. The second-order valence-electron chi connectivity index (χ2n) is 22.0. The summed E-state index contributed by atoms with van der Waals surface area (Å²) in [6, 6.07) is 73.5. The summed E-state index contributed by atoms with van der Waals surface area (Å²) in [7, 11) is -3.28. The first-order valence-corrected chi connectivity index (χ1v) is 30.4. The minimum atomic E-state index is -3.28. The first kappa shape index (κ1) is 57.8. The molecule has 3 aliphatic rings. The summed E-state index contributed by atoms with van der Waals surface area (Å²) in [5.41, 5.74) is 4.76. The van der Waals surface area contributed by atoms with Crippen LogP contribution in [0.15, 0.2) is 237 Å². The molecule has 4 heterocycles. The highest BCUT2D eigenvalue weighted by atomic mass is 28.4. The molecule has 0 aliphatic carbocycles. The fourth-order valence-electron chi connectivity index (χ4n) is 11.3. The van der Waals surface area contributed by atoms with Crippen LogP contribution in [0.5, 0.6) is 0 Å². The van der Waals surface area contributed by atoms with E-state index in [1.54, 1.807) is 18.3 Å². The molecule has 0 N–H and O–H groups in total. The highest BCUT2D eigenvalue weighted by Crippen LogP contribution is 2.42. The summed E-state index contributed by atoms with van der Waals surface area (Å²) in [4.78, 5) is 19.0. The Balaban J connectivity index is 1.03. The number of hydrogen-bond donors (Lipinski definition) is 0. The SMILES string of the molecule is CC(C)(C)[Si](OC[C@H]1O[C@H](O[C@H]2O[C@@H]3COC(c4ccccc4)O[C@H]3[C@H](OCc3ccccc3)[C@H]2OCc2ccccc2)[C@H](OCc2ccccc2)[C@@H](OCc2ccccc2)[C@@H]1OC(=O)c1cccnc1)(c1ccccc1)c1ccccc1. The molecule has 13 nitrogen and oxygen atoms in total. The molecule has 83 heavy (non-hydrogen) atoms. The van der Waals surface area contributed by atoms with E-state index >= 15 is 0 Å². The number of hydrogen-bond acceptors (Lipinski definition) is 13. The molecule has 11 atom stereocenters. The number of nitrogens with zero attached hydrogens (tertiary/aromatic N) is 1. The smallest absolute Gasteiger partial charge is 0.340 e. The van der Waals surface area contributed by atoms with E-state index in [1.807, 2.05) is 188 Å². The first-order valence-electron chi connectivity index (χ1n) is 28.5. The van der Waals surface area contributed by atoms with Crippen LogP contribution in [0.1, 0.15) is 65.2 Å². The Kier molecular flexibility index (Phi) is 19.2. The van der Waals surface area contributed by atoms with Gasteiger partial charge in [-0.25, -0.2) is 4.79 Å². The number of esters is 1. The molecule has 8 aromatic rings. The van der Waals surface area contributed by atoms with Crippen molar-refractivity contribution in [1.82, 2.24) is 4.98 Å². The number of aromatic nitrogens is 1. The number of benzene rings is 7. The molecule has 3 fully saturated rings. The maximum absolute atomic E-state index is 14.7. The number of rotatable bonds is 22. The Hall–Kier alpha value is -7.02. The van der Waals surface area contributed by atoms with Crippen molar-refractivity contribution in [2.75, 3.05) is 13.2 Å². The fourth-order valence-corrected chi connectivity index (χ4v) is 15.8. The van der Waals surface area contributed by atoms with E-state index in [0.717, 1.165) is 38.2 Å². The molecule has 1 aromatic heterocycles. The van der Waals surface area contributed by atoms with Crippen molar-refractivity contribution in [3.05, 3.63) is 270 Å². The van der Waals surface area contributed by atoms with Crippen molar-refractivity contribution in [3.63, 3.8) is 0 Å². The quantitative estimate of drug-likeness (QED) is 0.0472. The third-order valence-corrected chi connectivity index (χ3v) is 20.4. The summed E-state index contributed by atoms with van der Waals surface area (Å²) in [6.45, 7) is 7.36. The van der Waals surface area contributed by atoms with Gasteiger partial charge in [-0.3, -0.25) is 4.98 Å². The van der Waals surface area contributed by atoms with Gasteiger partial charge in [-0.2, -0.15) is 0 Å². The number of pyridine rings is 1. The molecular weight excluding hydrogens is 1060 g/mol. The standard InChI is InChI=1S/C69H71NO12Si/c1-69(2,3)83(55-37-21-9-22-38-55,56-39-23-10-24-40-56)77-48-58-59(80-65(71)54-36-25-41-70-42-54)61(72-43-49-26-11-4-12-27-49)63(74-45-51-30-15-6-16-31-51)68(79-58)82-67-64(75-46-52-32-17-7-18-33-52)62(73-44-50-28-13-5-14-29-50)60-57(78-67)47-76-66(81-60)53-34-19-8-20-35-53/h4-42,57-64,66-68H,43-48H2,1-3H3/t57-,58-,59-,60-,61+,62+,63-,64-,66?,67-,68-/m1/s1. The number of ether oxygens (including phenoxy) is 10. The molecule has 14 heteroatoms. The minimum absolute atomic E-state index is 0.0652. The van der Waals surface area contributed by atoms with Gasteiger partial charge < -0.3 is 51.8 Å². The first-order chi connectivity index (χ1) is 40.7. The number of carbonyl (C=O) groups excluding carboxylic acids is 1. The lowest BCUT2D eigenvalue weighted by molar-refractivity contribution is -0.409. The summed E-state index contributed by atoms with van der Waals surface area (Å²) < 4.78 is 78.2. The van der Waals surface area contributed by atoms with Gasteiger partial charge in [-0.1, -0.05) is 233 Å². The van der Waals surface area contributed by atoms with E-state index in [1.165, 1.54) is 6.20 Å². The third kappa shape index (κ3) is 14.0. The summed E-state index contributed by atoms with van der Waals surface area (Å²) in [5, 5.41) is 1.69. The Bertz CT molecular complexity index is 3170. The van der Waals surface area contributed by atoms with Gasteiger partial charge in [0.1, 0.15) is 42.7 Å². The van der Waals surface area contributed by atoms with Gasteiger partial charge in [0.2, 0.25) is 0 Å². The molecule has 11 rings (SSSR count). The van der Waals surface area contributed by atoms with Crippen LogP contribution in [0.4, 0.5) is 0 Å². The van der Waals surface area contributed by atoms with E-state index in [-0.39, 0.29) is 45.2 Å². The van der Waals surface area contributed by atoms with Crippen LogP contribution in [-0.4, -0.2) is 93.9 Å². The van der Waals surface area contributed by atoms with Gasteiger partial charge >= 0.3 is 5.97 Å². The van der Waals surface area contributed by atoms with E-state index < -0.39 is 87.0 Å². The predicted octanol–water partition coefficient (Wildman–Crippen LogP) is 11.1. The van der Waals surface area contributed by atoms with Crippen molar-refractivity contribution in [2.45, 2.75) is 120 Å². The molecule has 3 aliphatic heterocycles. The van der Waals surface area contributed by atoms with E-state index in [2.05, 4.69) is 50.0 Å². The zero-order chi connectivity index (χ0) is 56.9. The van der Waals surface area contributed by atoms with Gasteiger partial charge in [0, 0.05) is 18.0 Å². The lowest BCUT2D eigenvalue weighted by Gasteiger charge is -2.51. The van der Waals surface area contributed by atoms with Crippen molar-refractivity contribution in [3.8, 4) is 0 Å². The van der Waals surface area contributed by atoms with Crippen LogP contribution in [0, 0.1) is 0 Å². The largest absolute Gasteiger partial charge is 0.453 e. The van der Waals surface area contributed by atoms with Crippen molar-refractivity contribution < 1.29 is 56.6 Å². The van der Waals surface area contributed by atoms with E-state index in [4.69, 9.17) is 51.8 Å². The molecular formula is C69H71NO12Si. The second-order valence-corrected chi connectivity index (χ2v) is 26.3. The molecule has 7 aromatic carbocycles. The third-order valence-electron chi connectivity index (χ3n) is 15.4. The maximum atomic E-state index is 14.7.